The summed E-state index contributed by atoms with van der Waals surface area (Å²) >= 11 is 0. The highest BCUT2D eigenvalue weighted by Crippen LogP contribution is 2.25. The molecule has 0 saturated heterocycles. The molecule has 1 fully saturated rings. The second-order valence-electron chi connectivity index (χ2n) is 5.94. The number of aliphatic carboxylic acids is 1. The van der Waals surface area contributed by atoms with Crippen molar-refractivity contribution in [3.05, 3.63) is 0 Å². The van der Waals surface area contributed by atoms with E-state index < -0.39 is 5.97 Å². The van der Waals surface area contributed by atoms with E-state index in [4.69, 9.17) is 5.11 Å². The number of hydrogen-bond donors (Lipinski definition) is 2. The van der Waals surface area contributed by atoms with Gasteiger partial charge in [0, 0.05) is 18.5 Å². The first-order valence-electron chi connectivity index (χ1n) is 7.71. The van der Waals surface area contributed by atoms with Crippen molar-refractivity contribution in [3.8, 4) is 0 Å². The number of rotatable bonds is 9. The number of amides is 1. The zero-order chi connectivity index (χ0) is 15.1. The molecule has 1 amide bonds. The molecule has 5 heteroatoms. The number of likely N-dealkylation sites (N-methyl/N-ethyl adjacent to an activating group) is 1. The van der Waals surface area contributed by atoms with Gasteiger partial charge in [-0.3, -0.25) is 14.5 Å². The average Bonchev–Trinajstić information content (AvgIpc) is 2.30. The Balaban J connectivity index is 2.23. The summed E-state index contributed by atoms with van der Waals surface area (Å²) in [7, 11) is 0. The van der Waals surface area contributed by atoms with Crippen molar-refractivity contribution >= 4 is 11.9 Å². The Kier molecular flexibility index (Phi) is 6.99. The first-order valence-corrected chi connectivity index (χ1v) is 7.71. The summed E-state index contributed by atoms with van der Waals surface area (Å²) in [4.78, 5) is 24.5. The van der Waals surface area contributed by atoms with E-state index in [1.807, 2.05) is 11.8 Å². The normalized spacial score (nSPS) is 23.2. The highest BCUT2D eigenvalue weighted by Gasteiger charge is 2.34. The molecule has 1 atom stereocenters. The third-order valence-corrected chi connectivity index (χ3v) is 4.05. The minimum atomic E-state index is -0.785. The average molecular weight is 284 g/mol. The van der Waals surface area contributed by atoms with Gasteiger partial charge in [-0.05, 0) is 25.3 Å². The van der Waals surface area contributed by atoms with Crippen LogP contribution in [0.2, 0.25) is 0 Å². The van der Waals surface area contributed by atoms with Crippen LogP contribution < -0.4 is 5.32 Å². The number of nitrogens with one attached hydrogen (secondary N) is 1. The van der Waals surface area contributed by atoms with Gasteiger partial charge in [-0.2, -0.15) is 0 Å². The van der Waals surface area contributed by atoms with Gasteiger partial charge in [0.15, 0.2) is 0 Å². The minimum Gasteiger partial charge on any atom is -0.480 e. The van der Waals surface area contributed by atoms with Crippen LogP contribution >= 0.6 is 0 Å². The molecular weight excluding hydrogens is 256 g/mol. The third kappa shape index (κ3) is 5.49. The van der Waals surface area contributed by atoms with Crippen LogP contribution in [0.5, 0.6) is 0 Å². The second-order valence-corrected chi connectivity index (χ2v) is 5.94. The van der Waals surface area contributed by atoms with E-state index in [0.29, 0.717) is 18.4 Å². The molecular formula is C15H28N2O3. The monoisotopic (exact) mass is 284 g/mol. The molecule has 0 heterocycles. The Morgan fingerprint density at radius 3 is 2.50 bits per heavy atom. The largest absolute Gasteiger partial charge is 0.480 e. The van der Waals surface area contributed by atoms with E-state index in [2.05, 4.69) is 19.2 Å². The fourth-order valence-corrected chi connectivity index (χ4v) is 2.87. The third-order valence-electron chi connectivity index (χ3n) is 4.05. The molecule has 0 aromatic carbocycles. The lowest BCUT2D eigenvalue weighted by molar-refractivity contribution is -0.139. The standard InChI is InChI=1S/C15H28N2O3/c1-4-6-11(3)7-14(18)16-12-8-13(9-12)17(5-2)10-15(19)20/h11-13H,4-10H2,1-3H3,(H,16,18)(H,19,20). The fraction of sp³-hybridized carbons (Fsp3) is 0.867. The zero-order valence-electron chi connectivity index (χ0n) is 12.9. The molecule has 20 heavy (non-hydrogen) atoms. The van der Waals surface area contributed by atoms with Gasteiger partial charge in [-0.15, -0.1) is 0 Å². The van der Waals surface area contributed by atoms with Gasteiger partial charge in [0.25, 0.3) is 0 Å². The lowest BCUT2D eigenvalue weighted by Gasteiger charge is -2.42. The predicted octanol–water partition coefficient (Wildman–Crippen LogP) is 1.87. The molecule has 0 aliphatic heterocycles. The fourth-order valence-electron chi connectivity index (χ4n) is 2.87. The molecule has 5 nitrogen and oxygen atoms in total. The van der Waals surface area contributed by atoms with Gasteiger partial charge in [-0.1, -0.05) is 33.6 Å². The van der Waals surface area contributed by atoms with Crippen molar-refractivity contribution in [1.29, 1.82) is 0 Å². The van der Waals surface area contributed by atoms with Gasteiger partial charge >= 0.3 is 5.97 Å². The summed E-state index contributed by atoms with van der Waals surface area (Å²) in [5.74, 6) is -0.210. The molecule has 116 valence electrons. The van der Waals surface area contributed by atoms with Crippen LogP contribution in [0.4, 0.5) is 0 Å². The topological polar surface area (TPSA) is 69.6 Å². The minimum absolute atomic E-state index is 0.0926. The Bertz CT molecular complexity index is 327. The Labute approximate surface area is 121 Å². The molecule has 0 bridgehead atoms. The van der Waals surface area contributed by atoms with Crippen LogP contribution in [-0.2, 0) is 9.59 Å². The first-order chi connectivity index (χ1) is 9.46. The smallest absolute Gasteiger partial charge is 0.317 e. The highest BCUT2D eigenvalue weighted by atomic mass is 16.4. The molecule has 0 aromatic rings. The molecule has 0 radical (unpaired) electrons. The van der Waals surface area contributed by atoms with Crippen molar-refractivity contribution in [2.75, 3.05) is 13.1 Å². The van der Waals surface area contributed by atoms with Crippen LogP contribution in [0.25, 0.3) is 0 Å². The van der Waals surface area contributed by atoms with E-state index in [0.717, 1.165) is 32.2 Å². The molecule has 1 saturated carbocycles. The van der Waals surface area contributed by atoms with E-state index in [9.17, 15) is 9.59 Å². The lowest BCUT2D eigenvalue weighted by Crippen LogP contribution is -2.54. The van der Waals surface area contributed by atoms with Gasteiger partial charge < -0.3 is 10.4 Å². The molecule has 1 rings (SSSR count). The van der Waals surface area contributed by atoms with Gasteiger partial charge in [0.05, 0.1) is 6.54 Å². The van der Waals surface area contributed by atoms with Gasteiger partial charge in [0.2, 0.25) is 5.91 Å². The van der Waals surface area contributed by atoms with Crippen molar-refractivity contribution in [2.24, 2.45) is 5.92 Å². The van der Waals surface area contributed by atoms with Crippen LogP contribution in [-0.4, -0.2) is 47.1 Å². The van der Waals surface area contributed by atoms with Crippen LogP contribution in [0.3, 0.4) is 0 Å². The van der Waals surface area contributed by atoms with Crippen molar-refractivity contribution in [1.82, 2.24) is 10.2 Å². The number of carbonyl (C=O) groups excluding carboxylic acids is 1. The highest BCUT2D eigenvalue weighted by molar-refractivity contribution is 5.76. The van der Waals surface area contributed by atoms with Crippen molar-refractivity contribution in [3.63, 3.8) is 0 Å². The van der Waals surface area contributed by atoms with Crippen molar-refractivity contribution < 1.29 is 14.7 Å². The maximum Gasteiger partial charge on any atom is 0.317 e. The summed E-state index contributed by atoms with van der Waals surface area (Å²) in [6, 6.07) is 0.527. The van der Waals surface area contributed by atoms with Crippen LogP contribution in [0.15, 0.2) is 0 Å². The SMILES string of the molecule is CCCC(C)CC(=O)NC1CC(N(CC)CC(=O)O)C1. The summed E-state index contributed by atoms with van der Waals surface area (Å²) in [6.07, 6.45) is 4.54. The van der Waals surface area contributed by atoms with E-state index in [-0.39, 0.29) is 18.5 Å². The molecule has 1 aliphatic rings. The quantitative estimate of drug-likeness (QED) is 0.678. The molecule has 0 aromatic heterocycles. The number of carbonyl (C=O) groups is 2. The molecule has 1 unspecified atom stereocenters. The maximum atomic E-state index is 11.8. The van der Waals surface area contributed by atoms with Crippen LogP contribution in [0.1, 0.15) is 52.9 Å². The van der Waals surface area contributed by atoms with E-state index in [1.165, 1.54) is 0 Å². The first kappa shape index (κ1) is 17.0. The summed E-state index contributed by atoms with van der Waals surface area (Å²) in [5.41, 5.74) is 0. The summed E-state index contributed by atoms with van der Waals surface area (Å²) in [5, 5.41) is 11.9. The maximum absolute atomic E-state index is 11.8. The van der Waals surface area contributed by atoms with Crippen molar-refractivity contribution in [2.45, 2.75) is 65.0 Å². The van der Waals surface area contributed by atoms with E-state index >= 15 is 0 Å². The molecule has 1 aliphatic carbocycles. The zero-order valence-corrected chi connectivity index (χ0v) is 12.9. The number of nitrogens with zero attached hydrogens (tertiary/aromatic N) is 1. The Morgan fingerprint density at radius 1 is 1.35 bits per heavy atom. The number of hydrogen-bond acceptors (Lipinski definition) is 3. The number of carboxylic acid groups (broad SMARTS) is 1. The lowest BCUT2D eigenvalue weighted by atomic mass is 9.85. The molecule has 0 spiro atoms. The Morgan fingerprint density at radius 2 is 2.00 bits per heavy atom. The molecule has 2 N–H and O–H groups in total. The summed E-state index contributed by atoms with van der Waals surface area (Å²) in [6.45, 7) is 7.05. The summed E-state index contributed by atoms with van der Waals surface area (Å²) < 4.78 is 0. The van der Waals surface area contributed by atoms with Crippen LogP contribution in [0, 0.1) is 5.92 Å². The predicted molar refractivity (Wildman–Crippen MR) is 78.5 cm³/mol. The van der Waals surface area contributed by atoms with Gasteiger partial charge in [-0.25, -0.2) is 0 Å². The Hall–Kier alpha value is -1.10. The second kappa shape index (κ2) is 8.25. The van der Waals surface area contributed by atoms with E-state index in [1.54, 1.807) is 0 Å². The number of carboxylic acids is 1. The van der Waals surface area contributed by atoms with Gasteiger partial charge in [0.1, 0.15) is 0 Å².